The molecule has 102 valence electrons. The second-order valence-corrected chi connectivity index (χ2v) is 4.83. The number of carbonyl (C=O) groups excluding carboxylic acids is 1. The monoisotopic (exact) mass is 260 g/mol. The second kappa shape index (κ2) is 6.38. The molecule has 1 aliphatic heterocycles. The molecule has 1 saturated heterocycles. The van der Waals surface area contributed by atoms with Crippen molar-refractivity contribution in [2.75, 3.05) is 18.9 Å². The first kappa shape index (κ1) is 13.6. The van der Waals surface area contributed by atoms with Gasteiger partial charge in [-0.15, -0.1) is 0 Å². The van der Waals surface area contributed by atoms with Crippen molar-refractivity contribution in [3.8, 4) is 0 Å². The van der Waals surface area contributed by atoms with Crippen LogP contribution in [0.15, 0.2) is 24.3 Å². The summed E-state index contributed by atoms with van der Waals surface area (Å²) in [5.74, 6) is -0.102. The molecule has 4 nitrogen and oxygen atoms in total. The van der Waals surface area contributed by atoms with Gasteiger partial charge in [-0.3, -0.25) is 4.79 Å². The minimum absolute atomic E-state index is 0.102. The topological polar surface area (TPSA) is 64.3 Å². The fourth-order valence-corrected chi connectivity index (χ4v) is 2.01. The number of benzene rings is 1. The standard InChI is InChI=1S/C15H20N2O2/c1-11-4-5-12(9-14(11)16)6-7-15(18)17-10-13-3-2-8-19-13/h4-7,9,13H,2-3,8,10,16H2,1H3,(H,17,18)/b7-6+. The van der Waals surface area contributed by atoms with Crippen molar-refractivity contribution in [3.05, 3.63) is 35.4 Å². The second-order valence-electron chi connectivity index (χ2n) is 4.83. The lowest BCUT2D eigenvalue weighted by molar-refractivity contribution is -0.116. The Morgan fingerprint density at radius 1 is 1.58 bits per heavy atom. The summed E-state index contributed by atoms with van der Waals surface area (Å²) >= 11 is 0. The molecule has 0 aliphatic carbocycles. The summed E-state index contributed by atoms with van der Waals surface area (Å²) in [5.41, 5.74) is 8.52. The van der Waals surface area contributed by atoms with Crippen molar-refractivity contribution in [2.24, 2.45) is 0 Å². The van der Waals surface area contributed by atoms with Crippen molar-refractivity contribution >= 4 is 17.7 Å². The molecule has 19 heavy (non-hydrogen) atoms. The number of nitrogens with one attached hydrogen (secondary N) is 1. The molecule has 0 aromatic heterocycles. The molecule has 1 amide bonds. The third-order valence-corrected chi connectivity index (χ3v) is 3.26. The lowest BCUT2D eigenvalue weighted by Crippen LogP contribution is -2.30. The van der Waals surface area contributed by atoms with E-state index in [1.165, 1.54) is 6.08 Å². The molecule has 0 saturated carbocycles. The lowest BCUT2D eigenvalue weighted by Gasteiger charge is -2.08. The van der Waals surface area contributed by atoms with Crippen LogP contribution < -0.4 is 11.1 Å². The maximum atomic E-state index is 11.6. The van der Waals surface area contributed by atoms with Crippen molar-refractivity contribution < 1.29 is 9.53 Å². The van der Waals surface area contributed by atoms with Crippen molar-refractivity contribution in [3.63, 3.8) is 0 Å². The van der Waals surface area contributed by atoms with Crippen LogP contribution in [0, 0.1) is 6.92 Å². The van der Waals surface area contributed by atoms with Gasteiger partial charge in [0.15, 0.2) is 0 Å². The molecule has 1 unspecified atom stereocenters. The van der Waals surface area contributed by atoms with E-state index in [0.717, 1.165) is 36.3 Å². The average Bonchev–Trinajstić information content (AvgIpc) is 2.91. The van der Waals surface area contributed by atoms with Gasteiger partial charge in [-0.25, -0.2) is 0 Å². The molecule has 1 fully saturated rings. The number of nitrogen functional groups attached to an aromatic ring is 1. The molecule has 1 atom stereocenters. The number of carbonyl (C=O) groups is 1. The summed E-state index contributed by atoms with van der Waals surface area (Å²) in [5, 5.41) is 2.84. The Balaban J connectivity index is 1.83. The molecular weight excluding hydrogens is 240 g/mol. The summed E-state index contributed by atoms with van der Waals surface area (Å²) in [7, 11) is 0. The number of anilines is 1. The Bertz CT molecular complexity index is 477. The summed E-state index contributed by atoms with van der Waals surface area (Å²) in [4.78, 5) is 11.6. The Morgan fingerprint density at radius 3 is 3.11 bits per heavy atom. The largest absolute Gasteiger partial charge is 0.398 e. The number of nitrogens with two attached hydrogens (primary N) is 1. The summed E-state index contributed by atoms with van der Waals surface area (Å²) in [6.45, 7) is 3.34. The summed E-state index contributed by atoms with van der Waals surface area (Å²) in [6, 6.07) is 5.74. The minimum Gasteiger partial charge on any atom is -0.398 e. The zero-order valence-electron chi connectivity index (χ0n) is 11.2. The highest BCUT2D eigenvalue weighted by Crippen LogP contribution is 2.14. The van der Waals surface area contributed by atoms with Gasteiger partial charge in [-0.1, -0.05) is 12.1 Å². The van der Waals surface area contributed by atoms with E-state index in [-0.39, 0.29) is 12.0 Å². The molecule has 1 aromatic carbocycles. The fraction of sp³-hybridized carbons (Fsp3) is 0.400. The van der Waals surface area contributed by atoms with Gasteiger partial charge >= 0.3 is 0 Å². The van der Waals surface area contributed by atoms with E-state index in [0.29, 0.717) is 6.54 Å². The number of hydrogen-bond acceptors (Lipinski definition) is 3. The van der Waals surface area contributed by atoms with Crippen LogP contribution in [-0.2, 0) is 9.53 Å². The first-order valence-corrected chi connectivity index (χ1v) is 6.59. The van der Waals surface area contributed by atoms with E-state index < -0.39 is 0 Å². The zero-order chi connectivity index (χ0) is 13.7. The van der Waals surface area contributed by atoms with Crippen LogP contribution in [0.2, 0.25) is 0 Å². The highest BCUT2D eigenvalue weighted by atomic mass is 16.5. The molecule has 4 heteroatoms. The van der Waals surface area contributed by atoms with E-state index in [9.17, 15) is 4.79 Å². The van der Waals surface area contributed by atoms with E-state index in [1.807, 2.05) is 25.1 Å². The van der Waals surface area contributed by atoms with Crippen molar-refractivity contribution in [2.45, 2.75) is 25.9 Å². The third kappa shape index (κ3) is 4.10. The van der Waals surface area contributed by atoms with Gasteiger partial charge in [0.1, 0.15) is 0 Å². The maximum Gasteiger partial charge on any atom is 0.244 e. The predicted molar refractivity (Wildman–Crippen MR) is 76.6 cm³/mol. The number of hydrogen-bond donors (Lipinski definition) is 2. The van der Waals surface area contributed by atoms with Crippen molar-refractivity contribution in [1.29, 1.82) is 0 Å². The molecule has 1 aliphatic rings. The van der Waals surface area contributed by atoms with Gasteiger partial charge in [-0.2, -0.15) is 0 Å². The number of rotatable bonds is 4. The van der Waals surface area contributed by atoms with Crippen LogP contribution in [0.25, 0.3) is 6.08 Å². The molecule has 0 spiro atoms. The first-order chi connectivity index (χ1) is 9.15. The first-order valence-electron chi connectivity index (χ1n) is 6.59. The molecule has 1 heterocycles. The molecular formula is C15H20N2O2. The van der Waals surface area contributed by atoms with Crippen LogP contribution >= 0.6 is 0 Å². The summed E-state index contributed by atoms with van der Waals surface area (Å²) < 4.78 is 5.44. The van der Waals surface area contributed by atoms with E-state index in [2.05, 4.69) is 5.32 Å². The van der Waals surface area contributed by atoms with Crippen LogP contribution in [0.3, 0.4) is 0 Å². The highest BCUT2D eigenvalue weighted by molar-refractivity contribution is 5.91. The van der Waals surface area contributed by atoms with Gasteiger partial charge in [0.25, 0.3) is 0 Å². The Kier molecular flexibility index (Phi) is 4.58. The fourth-order valence-electron chi connectivity index (χ4n) is 2.01. The number of amides is 1. The molecule has 3 N–H and O–H groups in total. The molecule has 1 aromatic rings. The summed E-state index contributed by atoms with van der Waals surface area (Å²) in [6.07, 6.45) is 5.57. The smallest absolute Gasteiger partial charge is 0.244 e. The third-order valence-electron chi connectivity index (χ3n) is 3.26. The van der Waals surface area contributed by atoms with Gasteiger partial charge in [-0.05, 0) is 43.0 Å². The zero-order valence-corrected chi connectivity index (χ0v) is 11.2. The van der Waals surface area contributed by atoms with E-state index in [4.69, 9.17) is 10.5 Å². The predicted octanol–water partition coefficient (Wildman–Crippen LogP) is 1.89. The van der Waals surface area contributed by atoms with Crippen LogP contribution in [0.5, 0.6) is 0 Å². The highest BCUT2D eigenvalue weighted by Gasteiger charge is 2.15. The Labute approximate surface area is 113 Å². The number of aryl methyl sites for hydroxylation is 1. The van der Waals surface area contributed by atoms with E-state index in [1.54, 1.807) is 6.08 Å². The SMILES string of the molecule is Cc1ccc(/C=C/C(=O)NCC2CCCO2)cc1N. The number of ether oxygens (including phenoxy) is 1. The molecule has 2 rings (SSSR count). The maximum absolute atomic E-state index is 11.6. The van der Waals surface area contributed by atoms with Crippen LogP contribution in [0.1, 0.15) is 24.0 Å². The van der Waals surface area contributed by atoms with Gasteiger partial charge < -0.3 is 15.8 Å². The van der Waals surface area contributed by atoms with Crippen LogP contribution in [-0.4, -0.2) is 25.2 Å². The molecule has 0 radical (unpaired) electrons. The van der Waals surface area contributed by atoms with Gasteiger partial charge in [0, 0.05) is 24.9 Å². The lowest BCUT2D eigenvalue weighted by atomic mass is 10.1. The Morgan fingerprint density at radius 2 is 2.42 bits per heavy atom. The quantitative estimate of drug-likeness (QED) is 0.642. The molecule has 0 bridgehead atoms. The van der Waals surface area contributed by atoms with Gasteiger partial charge in [0.05, 0.1) is 6.10 Å². The Hall–Kier alpha value is -1.81. The van der Waals surface area contributed by atoms with Crippen LogP contribution in [0.4, 0.5) is 5.69 Å². The van der Waals surface area contributed by atoms with E-state index >= 15 is 0 Å². The van der Waals surface area contributed by atoms with Gasteiger partial charge in [0.2, 0.25) is 5.91 Å². The normalized spacial score (nSPS) is 18.9. The average molecular weight is 260 g/mol. The minimum atomic E-state index is -0.102. The van der Waals surface area contributed by atoms with Crippen molar-refractivity contribution in [1.82, 2.24) is 5.32 Å².